The molecule has 2 fully saturated rings. The second-order valence-corrected chi connectivity index (χ2v) is 8.27. The van der Waals surface area contributed by atoms with Crippen LogP contribution >= 0.6 is 0 Å². The molecule has 28 heavy (non-hydrogen) atoms. The van der Waals surface area contributed by atoms with Crippen LogP contribution < -0.4 is 0 Å². The van der Waals surface area contributed by atoms with E-state index in [-0.39, 0.29) is 11.8 Å². The van der Waals surface area contributed by atoms with Crippen molar-refractivity contribution in [1.82, 2.24) is 24.3 Å². The van der Waals surface area contributed by atoms with Crippen molar-refractivity contribution in [3.05, 3.63) is 17.2 Å². The van der Waals surface area contributed by atoms with Crippen LogP contribution in [0.2, 0.25) is 0 Å². The van der Waals surface area contributed by atoms with Gasteiger partial charge in [0.1, 0.15) is 5.69 Å². The minimum absolute atomic E-state index is 0.0259. The van der Waals surface area contributed by atoms with Gasteiger partial charge in [-0.2, -0.15) is 0 Å². The highest BCUT2D eigenvalue weighted by molar-refractivity contribution is 5.97. The number of carbonyl (C=O) groups excluding carboxylic acids is 3. The van der Waals surface area contributed by atoms with Crippen molar-refractivity contribution in [2.75, 3.05) is 39.3 Å². The molecule has 3 aliphatic heterocycles. The molecular formula is C20H29N5O3. The Morgan fingerprint density at radius 2 is 1.75 bits per heavy atom. The molecule has 4 heterocycles. The molecule has 3 amide bonds. The van der Waals surface area contributed by atoms with Gasteiger partial charge in [-0.05, 0) is 38.0 Å². The third-order valence-electron chi connectivity index (χ3n) is 6.21. The number of aromatic nitrogens is 2. The van der Waals surface area contributed by atoms with E-state index < -0.39 is 0 Å². The van der Waals surface area contributed by atoms with Crippen LogP contribution in [0.5, 0.6) is 0 Å². The van der Waals surface area contributed by atoms with Crippen molar-refractivity contribution in [2.24, 2.45) is 5.92 Å². The second kappa shape index (κ2) is 7.93. The lowest BCUT2D eigenvalue weighted by molar-refractivity contribution is -0.119. The lowest BCUT2D eigenvalue weighted by Crippen LogP contribution is -2.48. The van der Waals surface area contributed by atoms with E-state index in [2.05, 4.69) is 11.9 Å². The molecule has 152 valence electrons. The molecular weight excluding hydrogens is 358 g/mol. The Balaban J connectivity index is 1.59. The predicted molar refractivity (Wildman–Crippen MR) is 103 cm³/mol. The van der Waals surface area contributed by atoms with Crippen molar-refractivity contribution in [2.45, 2.75) is 45.6 Å². The number of nitrogens with zero attached hydrogens (tertiary/aromatic N) is 5. The Morgan fingerprint density at radius 1 is 0.964 bits per heavy atom. The highest BCUT2D eigenvalue weighted by atomic mass is 16.2. The van der Waals surface area contributed by atoms with Gasteiger partial charge < -0.3 is 19.3 Å². The van der Waals surface area contributed by atoms with Crippen LogP contribution in [-0.2, 0) is 17.8 Å². The fourth-order valence-electron chi connectivity index (χ4n) is 4.57. The number of imidazole rings is 1. The Kier molecular flexibility index (Phi) is 5.37. The molecule has 0 N–H and O–H groups in total. The molecule has 0 saturated carbocycles. The van der Waals surface area contributed by atoms with E-state index in [0.29, 0.717) is 43.6 Å². The van der Waals surface area contributed by atoms with E-state index in [0.717, 1.165) is 63.8 Å². The molecule has 0 radical (unpaired) electrons. The molecule has 0 spiro atoms. The van der Waals surface area contributed by atoms with Crippen LogP contribution in [0.3, 0.4) is 0 Å². The minimum Gasteiger partial charge on any atom is -0.342 e. The fourth-order valence-corrected chi connectivity index (χ4v) is 4.57. The number of hydrogen-bond acceptors (Lipinski definition) is 4. The van der Waals surface area contributed by atoms with Gasteiger partial charge >= 0.3 is 0 Å². The summed E-state index contributed by atoms with van der Waals surface area (Å²) < 4.78 is 1.97. The number of piperazine rings is 1. The summed E-state index contributed by atoms with van der Waals surface area (Å²) in [6.45, 7) is 6.55. The molecule has 0 aliphatic carbocycles. The summed E-state index contributed by atoms with van der Waals surface area (Å²) in [6.07, 6.45) is 5.82. The molecule has 8 nitrogen and oxygen atoms in total. The van der Waals surface area contributed by atoms with Crippen LogP contribution in [-0.4, -0.2) is 81.7 Å². The summed E-state index contributed by atoms with van der Waals surface area (Å²) in [5.41, 5.74) is 1.40. The zero-order chi connectivity index (χ0) is 19.7. The third kappa shape index (κ3) is 3.52. The quantitative estimate of drug-likeness (QED) is 0.725. The summed E-state index contributed by atoms with van der Waals surface area (Å²) in [4.78, 5) is 47.2. The number of rotatable bonds is 3. The second-order valence-electron chi connectivity index (χ2n) is 8.27. The maximum Gasteiger partial charge on any atom is 0.290 e. The van der Waals surface area contributed by atoms with E-state index in [1.54, 1.807) is 9.80 Å². The van der Waals surface area contributed by atoms with E-state index in [4.69, 9.17) is 0 Å². The first-order valence-corrected chi connectivity index (χ1v) is 10.5. The van der Waals surface area contributed by atoms with Crippen molar-refractivity contribution in [3.8, 4) is 0 Å². The topological polar surface area (TPSA) is 78.8 Å². The van der Waals surface area contributed by atoms with Gasteiger partial charge in [-0.3, -0.25) is 14.4 Å². The molecule has 0 bridgehead atoms. The highest BCUT2D eigenvalue weighted by Gasteiger charge is 2.33. The normalized spacial score (nSPS) is 22.8. The number of carbonyl (C=O) groups is 3. The summed E-state index contributed by atoms with van der Waals surface area (Å²) >= 11 is 0. The van der Waals surface area contributed by atoms with Crippen LogP contribution in [0.25, 0.3) is 0 Å². The van der Waals surface area contributed by atoms with Gasteiger partial charge in [-0.15, -0.1) is 0 Å². The molecule has 2 saturated heterocycles. The van der Waals surface area contributed by atoms with Crippen molar-refractivity contribution < 1.29 is 14.4 Å². The van der Waals surface area contributed by atoms with Gasteiger partial charge in [0.25, 0.3) is 11.8 Å². The molecule has 1 aromatic rings. The Morgan fingerprint density at radius 3 is 2.46 bits per heavy atom. The zero-order valence-corrected chi connectivity index (χ0v) is 16.6. The summed E-state index contributed by atoms with van der Waals surface area (Å²) in [5, 5.41) is 0. The fraction of sp³-hybridized carbons (Fsp3) is 0.700. The van der Waals surface area contributed by atoms with E-state index in [1.807, 2.05) is 9.47 Å². The monoisotopic (exact) mass is 387 g/mol. The van der Waals surface area contributed by atoms with Gasteiger partial charge in [0, 0.05) is 45.8 Å². The van der Waals surface area contributed by atoms with Crippen LogP contribution in [0.4, 0.5) is 0 Å². The van der Waals surface area contributed by atoms with Gasteiger partial charge in [0.15, 0.2) is 5.82 Å². The molecule has 1 aromatic heterocycles. The highest BCUT2D eigenvalue weighted by Crippen LogP contribution is 2.25. The largest absolute Gasteiger partial charge is 0.342 e. The van der Waals surface area contributed by atoms with Crippen LogP contribution in [0.1, 0.15) is 59.4 Å². The number of likely N-dealkylation sites (tertiary alicyclic amines) is 1. The summed E-state index contributed by atoms with van der Waals surface area (Å²) in [5.74, 6) is 0.746. The number of hydrogen-bond donors (Lipinski definition) is 0. The van der Waals surface area contributed by atoms with Crippen molar-refractivity contribution >= 4 is 18.2 Å². The Hall–Kier alpha value is -2.38. The lowest BCUT2D eigenvalue weighted by Gasteiger charge is -2.32. The predicted octanol–water partition coefficient (Wildman–Crippen LogP) is 1.01. The Bertz CT molecular complexity index is 766. The molecule has 1 unspecified atom stereocenters. The van der Waals surface area contributed by atoms with Crippen LogP contribution in [0.15, 0.2) is 0 Å². The van der Waals surface area contributed by atoms with Gasteiger partial charge in [0.05, 0.1) is 5.69 Å². The third-order valence-corrected chi connectivity index (χ3v) is 6.21. The maximum atomic E-state index is 13.2. The summed E-state index contributed by atoms with van der Waals surface area (Å²) in [7, 11) is 0. The molecule has 3 aliphatic rings. The maximum absolute atomic E-state index is 13.2. The van der Waals surface area contributed by atoms with Crippen LogP contribution in [0, 0.1) is 5.92 Å². The first kappa shape index (κ1) is 19.0. The number of amides is 3. The SMILES string of the molecule is CC1CCCN(C(=O)c2nc(C(=O)N3CCN(C=O)CC3)n3c2CCCC3)C1. The number of piperidine rings is 1. The van der Waals surface area contributed by atoms with Gasteiger partial charge in [-0.25, -0.2) is 4.98 Å². The minimum atomic E-state index is -0.125. The zero-order valence-electron chi connectivity index (χ0n) is 16.6. The lowest BCUT2D eigenvalue weighted by atomic mass is 9.99. The van der Waals surface area contributed by atoms with E-state index in [1.165, 1.54) is 0 Å². The molecule has 4 rings (SSSR count). The average molecular weight is 387 g/mol. The van der Waals surface area contributed by atoms with E-state index in [9.17, 15) is 14.4 Å². The van der Waals surface area contributed by atoms with E-state index >= 15 is 0 Å². The summed E-state index contributed by atoms with van der Waals surface area (Å²) in [6, 6.07) is 0. The average Bonchev–Trinajstić information content (AvgIpc) is 3.12. The van der Waals surface area contributed by atoms with Gasteiger partial charge in [-0.1, -0.05) is 6.92 Å². The number of fused-ring (bicyclic) bond motifs is 1. The molecule has 8 heteroatoms. The smallest absolute Gasteiger partial charge is 0.290 e. The first-order chi connectivity index (χ1) is 13.6. The van der Waals surface area contributed by atoms with Crippen molar-refractivity contribution in [1.29, 1.82) is 0 Å². The molecule has 1 atom stereocenters. The standard InChI is InChI=1S/C20H29N5O3/c1-15-5-4-7-24(13-15)19(27)17-16-6-2-3-8-25(16)18(21-17)20(28)23-11-9-22(14-26)10-12-23/h14-15H,2-13H2,1H3. The van der Waals surface area contributed by atoms with Crippen molar-refractivity contribution in [3.63, 3.8) is 0 Å². The first-order valence-electron chi connectivity index (χ1n) is 10.5. The molecule has 0 aromatic carbocycles. The Labute approximate surface area is 165 Å². The van der Waals surface area contributed by atoms with Gasteiger partial charge in [0.2, 0.25) is 6.41 Å².